The van der Waals surface area contributed by atoms with Crippen LogP contribution in [-0.2, 0) is 5.41 Å². The van der Waals surface area contributed by atoms with Gasteiger partial charge in [0.2, 0.25) is 0 Å². The third-order valence-electron chi connectivity index (χ3n) is 11.9. The van der Waals surface area contributed by atoms with Crippen LogP contribution in [0.1, 0.15) is 22.3 Å². The fourth-order valence-corrected chi connectivity index (χ4v) is 9.40. The van der Waals surface area contributed by atoms with Gasteiger partial charge in [-0.3, -0.25) is 0 Å². The molecule has 2 aliphatic rings. The minimum absolute atomic E-state index is 0.412. The number of benzene rings is 9. The molecule has 9 aromatic rings. The van der Waals surface area contributed by atoms with Crippen molar-refractivity contribution < 1.29 is 0 Å². The fraction of sp³-hybridized carbons (Fsp3) is 0.0182. The fourth-order valence-electron chi connectivity index (χ4n) is 9.40. The van der Waals surface area contributed by atoms with Crippen molar-refractivity contribution in [2.45, 2.75) is 5.41 Å². The standard InChI is InChI=1S/C55H37N/c1-4-14-38(15-5-1)41-24-29-44(30-25-41)56(45-31-26-42(27-32-45)39-16-6-2-7-17-39)46-33-35-54-50(37-46)48-21-11-13-23-52(48)55(54)51-22-12-10-20-47(51)49-36-43(28-34-53(49)55)40-18-8-3-9-19-40/h1-37H. The number of hydrogen-bond acceptors (Lipinski definition) is 1. The van der Waals surface area contributed by atoms with E-state index in [0.717, 1.165) is 17.1 Å². The van der Waals surface area contributed by atoms with Crippen molar-refractivity contribution in [1.82, 2.24) is 0 Å². The molecule has 0 saturated heterocycles. The van der Waals surface area contributed by atoms with Gasteiger partial charge >= 0.3 is 0 Å². The van der Waals surface area contributed by atoms with Crippen LogP contribution in [0.3, 0.4) is 0 Å². The van der Waals surface area contributed by atoms with Crippen LogP contribution in [0.2, 0.25) is 0 Å². The Labute approximate surface area is 328 Å². The van der Waals surface area contributed by atoms with Crippen molar-refractivity contribution in [3.63, 3.8) is 0 Å². The second-order valence-corrected chi connectivity index (χ2v) is 14.9. The minimum Gasteiger partial charge on any atom is -0.310 e. The first-order valence-electron chi connectivity index (χ1n) is 19.4. The maximum atomic E-state index is 2.43. The highest BCUT2D eigenvalue weighted by atomic mass is 15.1. The first kappa shape index (κ1) is 32.2. The average Bonchev–Trinajstić information content (AvgIpc) is 3.74. The zero-order valence-corrected chi connectivity index (χ0v) is 30.8. The van der Waals surface area contributed by atoms with E-state index in [2.05, 4.69) is 229 Å². The monoisotopic (exact) mass is 711 g/mol. The van der Waals surface area contributed by atoms with Crippen LogP contribution in [0.25, 0.3) is 55.6 Å². The molecule has 1 unspecified atom stereocenters. The summed E-state index contributed by atoms with van der Waals surface area (Å²) < 4.78 is 0. The van der Waals surface area contributed by atoms with E-state index in [1.54, 1.807) is 0 Å². The van der Waals surface area contributed by atoms with E-state index < -0.39 is 5.41 Å². The Balaban J connectivity index is 1.09. The summed E-state index contributed by atoms with van der Waals surface area (Å²) >= 11 is 0. The zero-order valence-electron chi connectivity index (χ0n) is 30.8. The summed E-state index contributed by atoms with van der Waals surface area (Å²) in [6.45, 7) is 0. The quantitative estimate of drug-likeness (QED) is 0.166. The van der Waals surface area contributed by atoms with Gasteiger partial charge in [-0.25, -0.2) is 0 Å². The van der Waals surface area contributed by atoms with Gasteiger partial charge in [-0.05, 0) is 120 Å². The second-order valence-electron chi connectivity index (χ2n) is 14.9. The lowest BCUT2D eigenvalue weighted by Crippen LogP contribution is -2.25. The van der Waals surface area contributed by atoms with Gasteiger partial charge in [0.05, 0.1) is 5.41 Å². The summed E-state index contributed by atoms with van der Waals surface area (Å²) in [5.74, 6) is 0. The topological polar surface area (TPSA) is 3.24 Å². The van der Waals surface area contributed by atoms with Gasteiger partial charge in [-0.1, -0.05) is 182 Å². The third-order valence-corrected chi connectivity index (χ3v) is 11.9. The van der Waals surface area contributed by atoms with Gasteiger partial charge in [0.25, 0.3) is 0 Å². The minimum atomic E-state index is -0.412. The highest BCUT2D eigenvalue weighted by Gasteiger charge is 2.51. The zero-order chi connectivity index (χ0) is 37.1. The molecule has 0 fully saturated rings. The van der Waals surface area contributed by atoms with E-state index >= 15 is 0 Å². The first-order valence-corrected chi connectivity index (χ1v) is 19.4. The second kappa shape index (κ2) is 13.0. The normalized spacial score (nSPS) is 14.5. The molecule has 0 saturated carbocycles. The van der Waals surface area contributed by atoms with Crippen molar-refractivity contribution in [3.05, 3.63) is 247 Å². The summed E-state index contributed by atoms with van der Waals surface area (Å²) in [5.41, 5.74) is 20.8. The number of hydrogen-bond donors (Lipinski definition) is 0. The highest BCUT2D eigenvalue weighted by molar-refractivity contribution is 5.97. The molecular weight excluding hydrogens is 675 g/mol. The van der Waals surface area contributed by atoms with Crippen LogP contribution in [0.5, 0.6) is 0 Å². The number of nitrogens with zero attached hydrogens (tertiary/aromatic N) is 1. The molecule has 1 heteroatoms. The molecular formula is C55H37N. The van der Waals surface area contributed by atoms with Crippen molar-refractivity contribution in [3.8, 4) is 55.6 Å². The van der Waals surface area contributed by atoms with E-state index in [4.69, 9.17) is 0 Å². The molecule has 1 atom stereocenters. The third kappa shape index (κ3) is 4.95. The Hall–Kier alpha value is -7.22. The maximum Gasteiger partial charge on any atom is 0.0725 e. The van der Waals surface area contributed by atoms with E-state index in [1.807, 2.05) is 0 Å². The lowest BCUT2D eigenvalue weighted by molar-refractivity contribution is 0.794. The molecule has 1 spiro atoms. The van der Waals surface area contributed by atoms with Crippen LogP contribution < -0.4 is 4.90 Å². The van der Waals surface area contributed by atoms with Crippen molar-refractivity contribution in [2.75, 3.05) is 4.90 Å². The van der Waals surface area contributed by atoms with Gasteiger partial charge < -0.3 is 4.90 Å². The largest absolute Gasteiger partial charge is 0.310 e. The average molecular weight is 712 g/mol. The van der Waals surface area contributed by atoms with E-state index in [9.17, 15) is 0 Å². The summed E-state index contributed by atoms with van der Waals surface area (Å²) in [4.78, 5) is 2.40. The first-order chi connectivity index (χ1) is 27.8. The molecule has 0 radical (unpaired) electrons. The van der Waals surface area contributed by atoms with E-state index in [1.165, 1.54) is 77.9 Å². The Kier molecular flexibility index (Phi) is 7.47. The van der Waals surface area contributed by atoms with Gasteiger partial charge in [-0.2, -0.15) is 0 Å². The predicted octanol–water partition coefficient (Wildman–Crippen LogP) is 14.5. The number of fused-ring (bicyclic) bond motifs is 10. The molecule has 0 bridgehead atoms. The molecule has 56 heavy (non-hydrogen) atoms. The summed E-state index contributed by atoms with van der Waals surface area (Å²) in [6.07, 6.45) is 0. The molecule has 262 valence electrons. The van der Waals surface area contributed by atoms with Crippen molar-refractivity contribution in [2.24, 2.45) is 0 Å². The highest BCUT2D eigenvalue weighted by Crippen LogP contribution is 2.63. The molecule has 0 aliphatic heterocycles. The molecule has 2 aliphatic carbocycles. The molecule has 9 aromatic carbocycles. The van der Waals surface area contributed by atoms with Gasteiger partial charge in [0.1, 0.15) is 0 Å². The van der Waals surface area contributed by atoms with Crippen LogP contribution in [0.15, 0.2) is 224 Å². The Morgan fingerprint density at radius 2 is 0.571 bits per heavy atom. The van der Waals surface area contributed by atoms with Crippen molar-refractivity contribution in [1.29, 1.82) is 0 Å². The van der Waals surface area contributed by atoms with Gasteiger partial charge in [0, 0.05) is 17.1 Å². The van der Waals surface area contributed by atoms with Crippen molar-refractivity contribution >= 4 is 17.1 Å². The lowest BCUT2D eigenvalue weighted by atomic mass is 9.70. The molecule has 1 nitrogen and oxygen atoms in total. The summed E-state index contributed by atoms with van der Waals surface area (Å²) in [7, 11) is 0. The molecule has 0 aromatic heterocycles. The van der Waals surface area contributed by atoms with Crippen LogP contribution in [-0.4, -0.2) is 0 Å². The number of rotatable bonds is 6. The van der Waals surface area contributed by atoms with Crippen LogP contribution in [0.4, 0.5) is 17.1 Å². The smallest absolute Gasteiger partial charge is 0.0725 e. The van der Waals surface area contributed by atoms with E-state index in [-0.39, 0.29) is 0 Å². The molecule has 0 heterocycles. The summed E-state index contributed by atoms with van der Waals surface area (Å²) in [6, 6.07) is 82.4. The Morgan fingerprint density at radius 1 is 0.232 bits per heavy atom. The number of anilines is 3. The SMILES string of the molecule is c1ccc(-c2ccc(N(c3ccc(-c4ccccc4)cc3)c3ccc4c(c3)-c3ccccc3C43c4ccccc4-c4cc(-c5ccccc5)ccc43)cc2)cc1. The van der Waals surface area contributed by atoms with Gasteiger partial charge in [-0.15, -0.1) is 0 Å². The van der Waals surface area contributed by atoms with Crippen LogP contribution >= 0.6 is 0 Å². The van der Waals surface area contributed by atoms with Crippen LogP contribution in [0, 0.1) is 0 Å². The maximum absolute atomic E-state index is 2.43. The Morgan fingerprint density at radius 3 is 1.07 bits per heavy atom. The predicted molar refractivity (Wildman–Crippen MR) is 234 cm³/mol. The summed E-state index contributed by atoms with van der Waals surface area (Å²) in [5, 5.41) is 0. The van der Waals surface area contributed by atoms with E-state index in [0.29, 0.717) is 0 Å². The molecule has 0 N–H and O–H groups in total. The van der Waals surface area contributed by atoms with Gasteiger partial charge in [0.15, 0.2) is 0 Å². The Bertz CT molecular complexity index is 2790. The lowest BCUT2D eigenvalue weighted by Gasteiger charge is -2.31. The molecule has 11 rings (SSSR count). The molecule has 0 amide bonds.